The summed E-state index contributed by atoms with van der Waals surface area (Å²) in [5, 5.41) is 9.08. The van der Waals surface area contributed by atoms with E-state index >= 15 is 0 Å². The van der Waals surface area contributed by atoms with Crippen molar-refractivity contribution in [2.75, 3.05) is 6.26 Å². The van der Waals surface area contributed by atoms with E-state index in [1.54, 1.807) is 30.3 Å². The second-order valence-electron chi connectivity index (χ2n) is 4.10. The van der Waals surface area contributed by atoms with Gasteiger partial charge in [-0.1, -0.05) is 27.7 Å². The molecule has 20 heavy (non-hydrogen) atoms. The summed E-state index contributed by atoms with van der Waals surface area (Å²) >= 11 is 4.80. The molecule has 0 spiro atoms. The third kappa shape index (κ3) is 3.63. The Labute approximate surface area is 130 Å². The van der Waals surface area contributed by atoms with Gasteiger partial charge in [-0.05, 0) is 42.5 Å². The average molecular weight is 368 g/mol. The summed E-state index contributed by atoms with van der Waals surface area (Å²) in [5.41, 5.74) is 0.588. The van der Waals surface area contributed by atoms with Gasteiger partial charge in [-0.2, -0.15) is 5.26 Å². The minimum absolute atomic E-state index is 0.289. The molecule has 0 atom stereocenters. The summed E-state index contributed by atoms with van der Waals surface area (Å²) in [6.45, 7) is 0. The van der Waals surface area contributed by atoms with Crippen molar-refractivity contribution in [1.29, 1.82) is 5.26 Å². The Morgan fingerprint density at radius 1 is 1.15 bits per heavy atom. The van der Waals surface area contributed by atoms with Gasteiger partial charge in [-0.15, -0.1) is 0 Å². The number of nitriles is 1. The SMILES string of the molecule is CS(=O)(=O)c1ccc(Sc2cc(Br)ccc2C#N)cc1. The van der Waals surface area contributed by atoms with Gasteiger partial charge in [0.2, 0.25) is 0 Å². The van der Waals surface area contributed by atoms with Crippen LogP contribution in [0.25, 0.3) is 0 Å². The first-order valence-corrected chi connectivity index (χ1v) is 9.08. The Morgan fingerprint density at radius 3 is 2.35 bits per heavy atom. The highest BCUT2D eigenvalue weighted by molar-refractivity contribution is 9.10. The topological polar surface area (TPSA) is 57.9 Å². The highest BCUT2D eigenvalue weighted by Gasteiger charge is 2.08. The quantitative estimate of drug-likeness (QED) is 0.825. The smallest absolute Gasteiger partial charge is 0.175 e. The van der Waals surface area contributed by atoms with Crippen LogP contribution in [0.5, 0.6) is 0 Å². The molecule has 0 saturated heterocycles. The maximum absolute atomic E-state index is 11.4. The van der Waals surface area contributed by atoms with Gasteiger partial charge in [0.15, 0.2) is 9.84 Å². The van der Waals surface area contributed by atoms with Crippen molar-refractivity contribution in [3.05, 3.63) is 52.5 Å². The van der Waals surface area contributed by atoms with E-state index < -0.39 is 9.84 Å². The molecule has 0 amide bonds. The molecular weight excluding hydrogens is 358 g/mol. The molecule has 0 unspecified atom stereocenters. The molecule has 0 N–H and O–H groups in total. The Bertz CT molecular complexity index is 778. The van der Waals surface area contributed by atoms with E-state index in [2.05, 4.69) is 22.0 Å². The largest absolute Gasteiger partial charge is 0.224 e. The van der Waals surface area contributed by atoms with Crippen LogP contribution in [0.15, 0.2) is 61.6 Å². The molecule has 3 nitrogen and oxygen atoms in total. The van der Waals surface area contributed by atoms with Gasteiger partial charge in [0.25, 0.3) is 0 Å². The fourth-order valence-electron chi connectivity index (χ4n) is 1.55. The number of halogens is 1. The van der Waals surface area contributed by atoms with Gasteiger partial charge in [0, 0.05) is 20.5 Å². The molecule has 0 bridgehead atoms. The summed E-state index contributed by atoms with van der Waals surface area (Å²) in [6.07, 6.45) is 1.18. The monoisotopic (exact) mass is 367 g/mol. The molecule has 2 rings (SSSR count). The third-order valence-electron chi connectivity index (χ3n) is 2.54. The molecule has 2 aromatic carbocycles. The van der Waals surface area contributed by atoms with Crippen molar-refractivity contribution in [2.45, 2.75) is 14.7 Å². The second kappa shape index (κ2) is 6.00. The number of sulfone groups is 1. The van der Waals surface area contributed by atoms with Crippen LogP contribution in [0.4, 0.5) is 0 Å². The van der Waals surface area contributed by atoms with Crippen LogP contribution in [0.1, 0.15) is 5.56 Å². The third-order valence-corrected chi connectivity index (χ3v) is 5.23. The van der Waals surface area contributed by atoms with Crippen LogP contribution in [-0.4, -0.2) is 14.7 Å². The lowest BCUT2D eigenvalue weighted by molar-refractivity contribution is 0.602. The van der Waals surface area contributed by atoms with Crippen molar-refractivity contribution < 1.29 is 8.42 Å². The normalized spacial score (nSPS) is 11.1. The van der Waals surface area contributed by atoms with E-state index in [9.17, 15) is 8.42 Å². The molecule has 0 radical (unpaired) electrons. The van der Waals surface area contributed by atoms with Gasteiger partial charge >= 0.3 is 0 Å². The summed E-state index contributed by atoms with van der Waals surface area (Å²) < 4.78 is 23.7. The first-order valence-electron chi connectivity index (χ1n) is 5.58. The van der Waals surface area contributed by atoms with E-state index in [4.69, 9.17) is 5.26 Å². The number of hydrogen-bond donors (Lipinski definition) is 0. The predicted octanol–water partition coefficient (Wildman–Crippen LogP) is 3.88. The fourth-order valence-corrected chi connectivity index (χ4v) is 3.63. The van der Waals surface area contributed by atoms with Crippen molar-refractivity contribution in [2.24, 2.45) is 0 Å². The lowest BCUT2D eigenvalue weighted by atomic mass is 10.2. The highest BCUT2D eigenvalue weighted by Crippen LogP contribution is 2.32. The summed E-state index contributed by atoms with van der Waals surface area (Å²) in [4.78, 5) is 2.00. The maximum Gasteiger partial charge on any atom is 0.175 e. The van der Waals surface area contributed by atoms with Crippen molar-refractivity contribution in [3.63, 3.8) is 0 Å². The van der Waals surface area contributed by atoms with Crippen LogP contribution < -0.4 is 0 Å². The van der Waals surface area contributed by atoms with Gasteiger partial charge < -0.3 is 0 Å². The molecule has 0 aliphatic rings. The minimum atomic E-state index is -3.18. The van der Waals surface area contributed by atoms with E-state index in [-0.39, 0.29) is 4.90 Å². The van der Waals surface area contributed by atoms with E-state index in [0.29, 0.717) is 5.56 Å². The van der Waals surface area contributed by atoms with E-state index in [0.717, 1.165) is 14.3 Å². The number of benzene rings is 2. The molecule has 0 saturated carbocycles. The van der Waals surface area contributed by atoms with Crippen LogP contribution >= 0.6 is 27.7 Å². The fraction of sp³-hybridized carbons (Fsp3) is 0.0714. The van der Waals surface area contributed by atoms with E-state index in [1.165, 1.54) is 18.0 Å². The highest BCUT2D eigenvalue weighted by atomic mass is 79.9. The zero-order valence-corrected chi connectivity index (χ0v) is 13.7. The zero-order chi connectivity index (χ0) is 14.8. The number of rotatable bonds is 3. The summed E-state index contributed by atoms with van der Waals surface area (Å²) in [6, 6.07) is 14.2. The molecule has 102 valence electrons. The summed E-state index contributed by atoms with van der Waals surface area (Å²) in [5.74, 6) is 0. The average Bonchev–Trinajstić information content (AvgIpc) is 2.38. The second-order valence-corrected chi connectivity index (χ2v) is 8.14. The minimum Gasteiger partial charge on any atom is -0.224 e. The van der Waals surface area contributed by atoms with Crippen LogP contribution in [0.2, 0.25) is 0 Å². The Hall–Kier alpha value is -1.29. The van der Waals surface area contributed by atoms with Gasteiger partial charge in [0.05, 0.1) is 10.5 Å². The Kier molecular flexibility index (Phi) is 4.53. The van der Waals surface area contributed by atoms with Crippen LogP contribution in [0.3, 0.4) is 0 Å². The molecule has 0 aliphatic heterocycles. The molecule has 0 heterocycles. The van der Waals surface area contributed by atoms with Crippen molar-refractivity contribution in [3.8, 4) is 6.07 Å². The Balaban J connectivity index is 2.32. The van der Waals surface area contributed by atoms with E-state index in [1.807, 2.05) is 12.1 Å². The zero-order valence-electron chi connectivity index (χ0n) is 10.5. The number of nitrogens with zero attached hydrogens (tertiary/aromatic N) is 1. The van der Waals surface area contributed by atoms with Crippen LogP contribution in [-0.2, 0) is 9.84 Å². The molecule has 6 heteroatoms. The van der Waals surface area contributed by atoms with Crippen LogP contribution in [0, 0.1) is 11.3 Å². The standard InChI is InChI=1S/C14H10BrNO2S2/c1-20(17,18)13-6-4-12(5-7-13)19-14-8-11(15)3-2-10(14)9-16/h2-8H,1H3. The molecule has 0 fully saturated rings. The molecule has 0 aromatic heterocycles. The molecular formula is C14H10BrNO2S2. The van der Waals surface area contributed by atoms with Gasteiger partial charge in [-0.25, -0.2) is 8.42 Å². The lowest BCUT2D eigenvalue weighted by Gasteiger charge is -2.05. The van der Waals surface area contributed by atoms with Crippen molar-refractivity contribution >= 4 is 37.5 Å². The first-order chi connectivity index (χ1) is 9.40. The summed E-state index contributed by atoms with van der Waals surface area (Å²) in [7, 11) is -3.18. The lowest BCUT2D eigenvalue weighted by Crippen LogP contribution is -1.95. The molecule has 2 aromatic rings. The van der Waals surface area contributed by atoms with Gasteiger partial charge in [-0.3, -0.25) is 0 Å². The number of hydrogen-bond acceptors (Lipinski definition) is 4. The Morgan fingerprint density at radius 2 is 1.80 bits per heavy atom. The van der Waals surface area contributed by atoms with Gasteiger partial charge in [0.1, 0.15) is 6.07 Å². The maximum atomic E-state index is 11.4. The van der Waals surface area contributed by atoms with Crippen molar-refractivity contribution in [1.82, 2.24) is 0 Å². The predicted molar refractivity (Wildman–Crippen MR) is 82.5 cm³/mol. The molecule has 0 aliphatic carbocycles. The first kappa shape index (κ1) is 15.1.